The van der Waals surface area contributed by atoms with Gasteiger partial charge in [-0.2, -0.15) is 0 Å². The summed E-state index contributed by atoms with van der Waals surface area (Å²) in [4.78, 5) is 11.3. The van der Waals surface area contributed by atoms with Crippen molar-refractivity contribution in [2.24, 2.45) is 0 Å². The first kappa shape index (κ1) is 14.8. The van der Waals surface area contributed by atoms with Gasteiger partial charge in [0.15, 0.2) is 0 Å². The van der Waals surface area contributed by atoms with E-state index in [1.165, 1.54) is 7.11 Å². The Labute approximate surface area is 99.1 Å². The third-order valence-corrected chi connectivity index (χ3v) is 2.20. The lowest BCUT2D eigenvalue weighted by molar-refractivity contribution is -0.136. The number of rotatable bonds is 6. The molecule has 0 aliphatic heterocycles. The second-order valence-electron chi connectivity index (χ2n) is 3.54. The number of hydrogen-bond acceptors (Lipinski definition) is 2. The van der Waals surface area contributed by atoms with E-state index in [9.17, 15) is 4.79 Å². The number of carbonyl (C=O) groups excluding carboxylic acids is 1. The van der Waals surface area contributed by atoms with E-state index in [0.717, 1.165) is 44.1 Å². The molecule has 0 saturated carbocycles. The predicted molar refractivity (Wildman–Crippen MR) is 66.9 cm³/mol. The fourth-order valence-corrected chi connectivity index (χ4v) is 1.41. The Morgan fingerprint density at radius 1 is 1.25 bits per heavy atom. The highest BCUT2D eigenvalue weighted by Crippen LogP contribution is 2.11. The summed E-state index contributed by atoms with van der Waals surface area (Å²) in [5, 5.41) is 0. The maximum Gasteiger partial charge on any atom is 0.333 e. The quantitative estimate of drug-likeness (QED) is 0.298. The van der Waals surface area contributed by atoms with Gasteiger partial charge >= 0.3 is 5.97 Å². The Balaban J connectivity index is 3.86. The third kappa shape index (κ3) is 7.11. The predicted octanol–water partition coefficient (Wildman–Crippen LogP) is 3.47. The average molecular weight is 222 g/mol. The topological polar surface area (TPSA) is 26.3 Å². The second-order valence-corrected chi connectivity index (χ2v) is 3.54. The zero-order valence-corrected chi connectivity index (χ0v) is 10.6. The van der Waals surface area contributed by atoms with Gasteiger partial charge in [0, 0.05) is 18.4 Å². The van der Waals surface area contributed by atoms with Crippen LogP contribution in [0.25, 0.3) is 0 Å². The molecule has 0 N–H and O–H groups in total. The maximum absolute atomic E-state index is 11.3. The molecule has 0 bridgehead atoms. The molecule has 2 nitrogen and oxygen atoms in total. The highest BCUT2D eigenvalue weighted by Gasteiger charge is 2.07. The van der Waals surface area contributed by atoms with Gasteiger partial charge < -0.3 is 4.74 Å². The second kappa shape index (κ2) is 10.3. The molecule has 90 valence electrons. The smallest absolute Gasteiger partial charge is 0.333 e. The fraction of sp³-hybridized carbons (Fsp3) is 0.643. The number of esters is 1. The van der Waals surface area contributed by atoms with Crippen molar-refractivity contribution in [2.45, 2.75) is 52.4 Å². The van der Waals surface area contributed by atoms with Crippen molar-refractivity contribution < 1.29 is 9.53 Å². The Hall–Kier alpha value is -1.23. The van der Waals surface area contributed by atoms with Crippen LogP contribution in [0.2, 0.25) is 0 Å². The molecule has 0 atom stereocenters. The molecule has 16 heavy (non-hydrogen) atoms. The van der Waals surface area contributed by atoms with Crippen molar-refractivity contribution in [3.63, 3.8) is 0 Å². The van der Waals surface area contributed by atoms with Gasteiger partial charge in [0.1, 0.15) is 0 Å². The van der Waals surface area contributed by atoms with Gasteiger partial charge in [0.2, 0.25) is 0 Å². The Morgan fingerprint density at radius 2 is 2.00 bits per heavy atom. The number of carbonyl (C=O) groups is 1. The molecular formula is C14H22O2. The monoisotopic (exact) mass is 222 g/mol. The summed E-state index contributed by atoms with van der Waals surface area (Å²) in [6.07, 6.45) is 7.51. The van der Waals surface area contributed by atoms with E-state index in [2.05, 4.69) is 11.8 Å². The zero-order chi connectivity index (χ0) is 12.2. The fourth-order valence-electron chi connectivity index (χ4n) is 1.41. The molecule has 0 saturated heterocycles. The minimum atomic E-state index is -0.193. The van der Waals surface area contributed by atoms with Crippen LogP contribution in [0.3, 0.4) is 0 Å². The highest BCUT2D eigenvalue weighted by atomic mass is 16.5. The lowest BCUT2D eigenvalue weighted by atomic mass is 10.1. The van der Waals surface area contributed by atoms with E-state index >= 15 is 0 Å². The molecular weight excluding hydrogens is 200 g/mol. The van der Waals surface area contributed by atoms with Crippen LogP contribution in [0.4, 0.5) is 0 Å². The molecule has 0 spiro atoms. The maximum atomic E-state index is 11.3. The van der Waals surface area contributed by atoms with Crippen LogP contribution in [0.1, 0.15) is 52.4 Å². The molecule has 0 radical (unpaired) electrons. The number of hydrogen-bond donors (Lipinski definition) is 0. The first-order chi connectivity index (χ1) is 7.76. The Bertz CT molecular complexity index is 279. The normalized spacial score (nSPS) is 10.6. The molecule has 0 aromatic carbocycles. The Kier molecular flexibility index (Phi) is 9.50. The van der Waals surface area contributed by atoms with Crippen LogP contribution in [0.5, 0.6) is 0 Å². The van der Waals surface area contributed by atoms with Crippen molar-refractivity contribution in [1.29, 1.82) is 0 Å². The van der Waals surface area contributed by atoms with Crippen molar-refractivity contribution in [3.05, 3.63) is 11.6 Å². The van der Waals surface area contributed by atoms with E-state index in [1.807, 2.05) is 19.9 Å². The van der Waals surface area contributed by atoms with Gasteiger partial charge in [0.05, 0.1) is 7.11 Å². The van der Waals surface area contributed by atoms with E-state index in [0.29, 0.717) is 0 Å². The highest BCUT2D eigenvalue weighted by molar-refractivity contribution is 5.88. The van der Waals surface area contributed by atoms with Crippen molar-refractivity contribution in [3.8, 4) is 11.8 Å². The minimum Gasteiger partial charge on any atom is -0.466 e. The standard InChI is InChI=1S/C14H22O2/c1-4-6-7-8-9-10-12-13(11-5-2)14(15)16-3/h11H,4-5,8-10,12H2,1-3H3/b13-11+. The lowest BCUT2D eigenvalue weighted by Crippen LogP contribution is -2.04. The van der Waals surface area contributed by atoms with E-state index in [4.69, 9.17) is 4.74 Å². The molecule has 0 amide bonds. The molecule has 0 aromatic heterocycles. The van der Waals surface area contributed by atoms with E-state index in [-0.39, 0.29) is 5.97 Å². The minimum absolute atomic E-state index is 0.193. The van der Waals surface area contributed by atoms with Gasteiger partial charge in [-0.1, -0.05) is 19.9 Å². The lowest BCUT2D eigenvalue weighted by Gasteiger charge is -2.04. The van der Waals surface area contributed by atoms with Crippen molar-refractivity contribution in [2.75, 3.05) is 7.11 Å². The number of ether oxygens (including phenoxy) is 1. The molecule has 0 heterocycles. The van der Waals surface area contributed by atoms with Crippen LogP contribution >= 0.6 is 0 Å². The summed E-state index contributed by atoms with van der Waals surface area (Å²) in [5.74, 6) is 5.94. The zero-order valence-electron chi connectivity index (χ0n) is 10.6. The summed E-state index contributed by atoms with van der Waals surface area (Å²) >= 11 is 0. The summed E-state index contributed by atoms with van der Waals surface area (Å²) in [6.45, 7) is 4.07. The number of methoxy groups -OCH3 is 1. The van der Waals surface area contributed by atoms with Crippen molar-refractivity contribution in [1.82, 2.24) is 0 Å². The first-order valence-electron chi connectivity index (χ1n) is 5.99. The molecule has 0 rings (SSSR count). The largest absolute Gasteiger partial charge is 0.466 e. The molecule has 0 aromatic rings. The molecule has 2 heteroatoms. The summed E-state index contributed by atoms with van der Waals surface area (Å²) in [6, 6.07) is 0. The molecule has 0 aliphatic rings. The third-order valence-electron chi connectivity index (χ3n) is 2.20. The van der Waals surface area contributed by atoms with E-state index in [1.54, 1.807) is 0 Å². The van der Waals surface area contributed by atoms with E-state index < -0.39 is 0 Å². The Morgan fingerprint density at radius 3 is 2.56 bits per heavy atom. The van der Waals surface area contributed by atoms with Crippen molar-refractivity contribution >= 4 is 5.97 Å². The molecule has 0 fully saturated rings. The van der Waals surface area contributed by atoms with Crippen LogP contribution in [0, 0.1) is 11.8 Å². The summed E-state index contributed by atoms with van der Waals surface area (Å²) in [7, 11) is 1.43. The van der Waals surface area contributed by atoms with Gasteiger partial charge in [-0.15, -0.1) is 11.8 Å². The van der Waals surface area contributed by atoms with Crippen LogP contribution in [-0.4, -0.2) is 13.1 Å². The molecule has 0 aliphatic carbocycles. The summed E-state index contributed by atoms with van der Waals surface area (Å²) < 4.78 is 4.73. The van der Waals surface area contributed by atoms with Gasteiger partial charge in [0.25, 0.3) is 0 Å². The van der Waals surface area contributed by atoms with Crippen LogP contribution < -0.4 is 0 Å². The summed E-state index contributed by atoms with van der Waals surface area (Å²) in [5.41, 5.74) is 0.799. The SMILES string of the molecule is CCC#CCCCC/C(=C\CC)C(=O)OC. The number of unbranched alkanes of at least 4 members (excludes halogenated alkanes) is 2. The van der Waals surface area contributed by atoms with Gasteiger partial charge in [-0.05, 0) is 25.7 Å². The van der Waals surface area contributed by atoms with Gasteiger partial charge in [-0.3, -0.25) is 0 Å². The number of allylic oxidation sites excluding steroid dienone is 1. The van der Waals surface area contributed by atoms with Crippen LogP contribution in [-0.2, 0) is 9.53 Å². The first-order valence-corrected chi connectivity index (χ1v) is 5.99. The van der Waals surface area contributed by atoms with Gasteiger partial charge in [-0.25, -0.2) is 4.79 Å². The van der Waals surface area contributed by atoms with Crippen LogP contribution in [0.15, 0.2) is 11.6 Å². The molecule has 0 unspecified atom stereocenters. The average Bonchev–Trinajstić information content (AvgIpc) is 2.31.